The van der Waals surface area contributed by atoms with E-state index in [0.717, 1.165) is 17.2 Å². The lowest BCUT2D eigenvalue weighted by Crippen LogP contribution is -2.11. The molecule has 0 aromatic heterocycles. The molecule has 18 heavy (non-hydrogen) atoms. The molecule has 0 aliphatic carbocycles. The number of thiol groups is 1. The molecule has 3 heteroatoms. The molecule has 1 N–H and O–H groups in total. The fourth-order valence-corrected chi connectivity index (χ4v) is 2.32. The van der Waals surface area contributed by atoms with Crippen molar-refractivity contribution in [2.24, 2.45) is 4.99 Å². The minimum absolute atomic E-state index is 0.252. The molecule has 1 unspecified atom stereocenters. The summed E-state index contributed by atoms with van der Waals surface area (Å²) in [7, 11) is 1.89. The molecule has 1 aromatic carbocycles. The Balaban J connectivity index is 2.89. The molecule has 1 atom stereocenters. The van der Waals surface area contributed by atoms with Crippen LogP contribution in [0.5, 0.6) is 0 Å². The normalized spacial score (nSPS) is 13.4. The van der Waals surface area contributed by atoms with E-state index in [2.05, 4.69) is 67.6 Å². The van der Waals surface area contributed by atoms with Crippen LogP contribution < -0.4 is 5.32 Å². The summed E-state index contributed by atoms with van der Waals surface area (Å²) in [5, 5.41) is 3.87. The summed E-state index contributed by atoms with van der Waals surface area (Å²) in [4.78, 5) is 4.46. The van der Waals surface area contributed by atoms with Crippen molar-refractivity contribution in [2.75, 3.05) is 13.6 Å². The number of hydrogen-bond acceptors (Lipinski definition) is 2. The number of nitrogens with zero attached hydrogens (tertiary/aromatic N) is 1. The van der Waals surface area contributed by atoms with E-state index in [9.17, 15) is 0 Å². The summed E-state index contributed by atoms with van der Waals surface area (Å²) in [5.41, 5.74) is 3.34. The largest absolute Gasteiger partial charge is 0.314 e. The molecule has 1 aromatic rings. The van der Waals surface area contributed by atoms with Crippen molar-refractivity contribution in [2.45, 2.75) is 26.2 Å². The van der Waals surface area contributed by atoms with Crippen LogP contribution in [0.1, 0.15) is 30.4 Å². The third-order valence-electron chi connectivity index (χ3n) is 2.85. The molecule has 0 fully saturated rings. The van der Waals surface area contributed by atoms with Crippen LogP contribution in [0.3, 0.4) is 0 Å². The Morgan fingerprint density at radius 2 is 2.00 bits per heavy atom. The highest BCUT2D eigenvalue weighted by Gasteiger charge is 2.13. The second-order valence-corrected chi connectivity index (χ2v) is 4.90. The summed E-state index contributed by atoms with van der Waals surface area (Å²) in [5.74, 6) is 0.252. The van der Waals surface area contributed by atoms with Crippen LogP contribution in [0.2, 0.25) is 0 Å². The van der Waals surface area contributed by atoms with Gasteiger partial charge in [0.15, 0.2) is 0 Å². The van der Waals surface area contributed by atoms with Crippen molar-refractivity contribution in [3.8, 4) is 0 Å². The first-order valence-electron chi connectivity index (χ1n) is 6.25. The van der Waals surface area contributed by atoms with Crippen LogP contribution in [0.25, 0.3) is 0 Å². The molecule has 0 aliphatic heterocycles. The first kappa shape index (κ1) is 15.0. The molecule has 0 saturated carbocycles. The maximum atomic E-state index is 4.54. The minimum Gasteiger partial charge on any atom is -0.314 e. The molecule has 0 aliphatic rings. The lowest BCUT2D eigenvalue weighted by Gasteiger charge is -2.15. The van der Waals surface area contributed by atoms with Crippen LogP contribution in [-0.2, 0) is 0 Å². The lowest BCUT2D eigenvalue weighted by atomic mass is 9.96. The fourth-order valence-electron chi connectivity index (χ4n) is 1.85. The van der Waals surface area contributed by atoms with Gasteiger partial charge in [-0.2, -0.15) is 0 Å². The Morgan fingerprint density at radius 1 is 1.39 bits per heavy atom. The summed E-state index contributed by atoms with van der Waals surface area (Å²) in [6.45, 7) is 8.84. The van der Waals surface area contributed by atoms with Gasteiger partial charge in [-0.15, -0.1) is 12.6 Å². The van der Waals surface area contributed by atoms with Gasteiger partial charge in [-0.25, -0.2) is 4.99 Å². The van der Waals surface area contributed by atoms with Gasteiger partial charge in [0.2, 0.25) is 0 Å². The van der Waals surface area contributed by atoms with Crippen LogP contribution in [0.4, 0.5) is 0 Å². The van der Waals surface area contributed by atoms with E-state index in [-0.39, 0.29) is 5.92 Å². The molecular formula is C15H22N2S. The van der Waals surface area contributed by atoms with E-state index >= 15 is 0 Å². The number of rotatable bonds is 6. The average molecular weight is 262 g/mol. The van der Waals surface area contributed by atoms with E-state index in [1.807, 2.05) is 7.05 Å². The predicted octanol–water partition coefficient (Wildman–Crippen LogP) is 3.55. The third-order valence-corrected chi connectivity index (χ3v) is 3.26. The molecule has 0 heterocycles. The number of nitrogens with one attached hydrogen (secondary N) is 1. The highest BCUT2D eigenvalue weighted by atomic mass is 32.1. The summed E-state index contributed by atoms with van der Waals surface area (Å²) in [6.07, 6.45) is 0.984. The van der Waals surface area contributed by atoms with Crippen molar-refractivity contribution < 1.29 is 0 Å². The lowest BCUT2D eigenvalue weighted by molar-refractivity contribution is 0.841. The Bertz CT molecular complexity index is 421. The molecule has 0 spiro atoms. The van der Waals surface area contributed by atoms with E-state index in [4.69, 9.17) is 0 Å². The first-order valence-corrected chi connectivity index (χ1v) is 6.69. The molecule has 0 saturated heterocycles. The van der Waals surface area contributed by atoms with Gasteiger partial charge in [-0.3, -0.25) is 0 Å². The second kappa shape index (κ2) is 7.39. The maximum absolute atomic E-state index is 4.54. The van der Waals surface area contributed by atoms with Crippen LogP contribution in [-0.4, -0.2) is 18.6 Å². The van der Waals surface area contributed by atoms with E-state index in [1.54, 1.807) is 0 Å². The fraction of sp³-hybridized carbons (Fsp3) is 0.400. The van der Waals surface area contributed by atoms with Gasteiger partial charge in [0.1, 0.15) is 0 Å². The number of aryl methyl sites for hydroxylation is 1. The van der Waals surface area contributed by atoms with Crippen molar-refractivity contribution in [3.63, 3.8) is 0 Å². The van der Waals surface area contributed by atoms with Crippen molar-refractivity contribution >= 4 is 17.7 Å². The average Bonchev–Trinajstić information content (AvgIpc) is 2.32. The molecule has 0 amide bonds. The zero-order chi connectivity index (χ0) is 13.5. The highest BCUT2D eigenvalue weighted by Crippen LogP contribution is 2.24. The molecule has 1 rings (SSSR count). The van der Waals surface area contributed by atoms with Crippen molar-refractivity contribution in [1.82, 2.24) is 5.32 Å². The van der Waals surface area contributed by atoms with E-state index < -0.39 is 0 Å². The van der Waals surface area contributed by atoms with Gasteiger partial charge in [0, 0.05) is 18.2 Å². The highest BCUT2D eigenvalue weighted by molar-refractivity contribution is 7.97. The second-order valence-electron chi connectivity index (χ2n) is 4.44. The van der Waals surface area contributed by atoms with Crippen molar-refractivity contribution in [3.05, 3.63) is 47.7 Å². The molecule has 0 radical (unpaired) electrons. The number of aliphatic imine (C=N–C) groups is 1. The van der Waals surface area contributed by atoms with Gasteiger partial charge in [-0.1, -0.05) is 43.3 Å². The van der Waals surface area contributed by atoms with Gasteiger partial charge in [0.05, 0.1) is 5.04 Å². The van der Waals surface area contributed by atoms with E-state index in [1.165, 1.54) is 11.1 Å². The topological polar surface area (TPSA) is 24.4 Å². The van der Waals surface area contributed by atoms with Gasteiger partial charge >= 0.3 is 0 Å². The summed E-state index contributed by atoms with van der Waals surface area (Å²) < 4.78 is 0. The predicted molar refractivity (Wildman–Crippen MR) is 83.7 cm³/mol. The number of hydrogen-bond donors (Lipinski definition) is 2. The Kier molecular flexibility index (Phi) is 6.16. The minimum atomic E-state index is 0.252. The third kappa shape index (κ3) is 4.31. The Hall–Kier alpha value is -1.06. The summed E-state index contributed by atoms with van der Waals surface area (Å²) >= 11 is 4.54. The first-order chi connectivity index (χ1) is 8.58. The molecule has 2 nitrogen and oxygen atoms in total. The van der Waals surface area contributed by atoms with Crippen LogP contribution >= 0.6 is 12.6 Å². The van der Waals surface area contributed by atoms with Gasteiger partial charge in [0.25, 0.3) is 0 Å². The monoisotopic (exact) mass is 262 g/mol. The molecular weight excluding hydrogens is 240 g/mol. The zero-order valence-corrected chi connectivity index (χ0v) is 12.3. The molecule has 98 valence electrons. The standard InChI is InChI=1S/C15H22N2S/c1-5-14(13-8-6-11(2)7-9-13)15(18)17-12(3)10-16-4/h6-9,14,16H,3,5,10H2,1-2,4H3,(H,17,18). The summed E-state index contributed by atoms with van der Waals surface area (Å²) in [6, 6.07) is 8.55. The van der Waals surface area contributed by atoms with Crippen LogP contribution in [0, 0.1) is 6.92 Å². The van der Waals surface area contributed by atoms with E-state index in [0.29, 0.717) is 6.54 Å². The zero-order valence-electron chi connectivity index (χ0n) is 11.4. The Labute approximate surface area is 116 Å². The van der Waals surface area contributed by atoms with Gasteiger partial charge < -0.3 is 5.32 Å². The SMILES string of the molecule is C=C(CNC)/N=C(\S)C(CC)c1ccc(C)cc1. The maximum Gasteiger partial charge on any atom is 0.0779 e. The smallest absolute Gasteiger partial charge is 0.0779 e. The van der Waals surface area contributed by atoms with Gasteiger partial charge in [-0.05, 0) is 26.0 Å². The Morgan fingerprint density at radius 3 is 2.50 bits per heavy atom. The number of likely N-dealkylation sites (N-methyl/N-ethyl adjacent to an activating group) is 1. The number of benzene rings is 1. The molecule has 0 bridgehead atoms. The quantitative estimate of drug-likeness (QED) is 0.457. The van der Waals surface area contributed by atoms with Crippen molar-refractivity contribution in [1.29, 1.82) is 0 Å². The van der Waals surface area contributed by atoms with Crippen LogP contribution in [0.15, 0.2) is 41.5 Å².